The van der Waals surface area contributed by atoms with Crippen LogP contribution in [0.2, 0.25) is 0 Å². The lowest BCUT2D eigenvalue weighted by Gasteiger charge is -2.23. The summed E-state index contributed by atoms with van der Waals surface area (Å²) in [6.07, 6.45) is -2.72. The van der Waals surface area contributed by atoms with Crippen LogP contribution in [0.15, 0.2) is 18.2 Å². The Balaban J connectivity index is 2.05. The fourth-order valence-corrected chi connectivity index (χ4v) is 1.73. The van der Waals surface area contributed by atoms with Gasteiger partial charge in [0.15, 0.2) is 0 Å². The van der Waals surface area contributed by atoms with Crippen molar-refractivity contribution in [1.82, 2.24) is 10.3 Å². The normalized spacial score (nSPS) is 21.2. The third kappa shape index (κ3) is 3.33. The van der Waals surface area contributed by atoms with Crippen molar-refractivity contribution in [2.75, 3.05) is 13.1 Å². The maximum atomic E-state index is 12.4. The van der Waals surface area contributed by atoms with Crippen LogP contribution in [0.5, 0.6) is 5.88 Å². The van der Waals surface area contributed by atoms with E-state index in [2.05, 4.69) is 10.3 Å². The third-order valence-electron chi connectivity index (χ3n) is 2.55. The van der Waals surface area contributed by atoms with Gasteiger partial charge in [0, 0.05) is 12.6 Å². The zero-order valence-corrected chi connectivity index (χ0v) is 9.13. The lowest BCUT2D eigenvalue weighted by atomic mass is 10.1. The summed E-state index contributed by atoms with van der Waals surface area (Å²) in [5, 5.41) is 3.12. The van der Waals surface area contributed by atoms with Crippen LogP contribution >= 0.6 is 0 Å². The van der Waals surface area contributed by atoms with Crippen LogP contribution in [0.4, 0.5) is 13.2 Å². The molecule has 6 heteroatoms. The quantitative estimate of drug-likeness (QED) is 0.868. The number of hydrogen-bond donors (Lipinski definition) is 1. The highest BCUT2D eigenvalue weighted by molar-refractivity contribution is 5.18. The first-order chi connectivity index (χ1) is 8.05. The van der Waals surface area contributed by atoms with Crippen molar-refractivity contribution >= 4 is 0 Å². The monoisotopic (exact) mass is 246 g/mol. The number of alkyl halides is 3. The number of halogens is 3. The van der Waals surface area contributed by atoms with Gasteiger partial charge in [-0.05, 0) is 25.5 Å². The molecule has 2 rings (SSSR count). The van der Waals surface area contributed by atoms with E-state index in [1.54, 1.807) is 0 Å². The Hall–Kier alpha value is -1.30. The topological polar surface area (TPSA) is 34.1 Å². The number of hydrogen-bond acceptors (Lipinski definition) is 3. The number of pyridine rings is 1. The average molecular weight is 246 g/mol. The first-order valence-corrected chi connectivity index (χ1v) is 5.47. The Kier molecular flexibility index (Phi) is 3.51. The summed E-state index contributed by atoms with van der Waals surface area (Å²) in [4.78, 5) is 3.46. The van der Waals surface area contributed by atoms with Crippen LogP contribution in [0.3, 0.4) is 0 Å². The molecule has 0 radical (unpaired) electrons. The Morgan fingerprint density at radius 3 is 2.82 bits per heavy atom. The molecule has 0 bridgehead atoms. The van der Waals surface area contributed by atoms with Gasteiger partial charge in [0.2, 0.25) is 5.88 Å². The van der Waals surface area contributed by atoms with Crippen molar-refractivity contribution in [2.24, 2.45) is 0 Å². The SMILES string of the molecule is FC(F)(F)c1cccc(O[C@H]2CCCNC2)n1. The molecule has 0 aliphatic carbocycles. The number of aromatic nitrogens is 1. The van der Waals surface area contributed by atoms with E-state index >= 15 is 0 Å². The molecule has 0 saturated carbocycles. The minimum atomic E-state index is -4.43. The first kappa shape index (κ1) is 12.2. The van der Waals surface area contributed by atoms with Gasteiger partial charge in [-0.15, -0.1) is 0 Å². The Labute approximate surface area is 97.0 Å². The number of nitrogens with one attached hydrogen (secondary N) is 1. The molecule has 1 atom stereocenters. The van der Waals surface area contributed by atoms with Gasteiger partial charge in [0.25, 0.3) is 0 Å². The molecular formula is C11H13F3N2O. The summed E-state index contributed by atoms with van der Waals surface area (Å²) in [5.74, 6) is 0.0357. The van der Waals surface area contributed by atoms with Crippen molar-refractivity contribution in [1.29, 1.82) is 0 Å². The van der Waals surface area contributed by atoms with E-state index in [1.807, 2.05) is 0 Å². The number of ether oxygens (including phenoxy) is 1. The average Bonchev–Trinajstić information content (AvgIpc) is 2.29. The van der Waals surface area contributed by atoms with E-state index in [0.29, 0.717) is 6.54 Å². The number of nitrogens with zero attached hydrogens (tertiary/aromatic N) is 1. The molecule has 0 unspecified atom stereocenters. The standard InChI is InChI=1S/C11H13F3N2O/c12-11(13,14)9-4-1-5-10(16-9)17-8-3-2-6-15-7-8/h1,4-5,8,15H,2-3,6-7H2/t8-/m0/s1. The van der Waals surface area contributed by atoms with Crippen molar-refractivity contribution in [2.45, 2.75) is 25.1 Å². The van der Waals surface area contributed by atoms with E-state index in [1.165, 1.54) is 12.1 Å². The summed E-state index contributed by atoms with van der Waals surface area (Å²) >= 11 is 0. The third-order valence-corrected chi connectivity index (χ3v) is 2.55. The summed E-state index contributed by atoms with van der Waals surface area (Å²) in [6, 6.07) is 3.69. The molecule has 2 heterocycles. The maximum Gasteiger partial charge on any atom is 0.433 e. The Morgan fingerprint density at radius 2 is 2.18 bits per heavy atom. The van der Waals surface area contributed by atoms with Crippen molar-refractivity contribution in [3.05, 3.63) is 23.9 Å². The van der Waals surface area contributed by atoms with Crippen LogP contribution in [0.25, 0.3) is 0 Å². The van der Waals surface area contributed by atoms with E-state index < -0.39 is 11.9 Å². The molecule has 1 aromatic heterocycles. The van der Waals surface area contributed by atoms with Gasteiger partial charge >= 0.3 is 6.18 Å². The van der Waals surface area contributed by atoms with Gasteiger partial charge in [0.1, 0.15) is 11.8 Å². The molecule has 0 amide bonds. The van der Waals surface area contributed by atoms with Gasteiger partial charge in [-0.2, -0.15) is 13.2 Å². The predicted octanol–water partition coefficient (Wildman–Crippen LogP) is 2.23. The molecular weight excluding hydrogens is 233 g/mol. The fourth-order valence-electron chi connectivity index (χ4n) is 1.73. The molecule has 94 valence electrons. The van der Waals surface area contributed by atoms with E-state index in [9.17, 15) is 13.2 Å². The largest absolute Gasteiger partial charge is 0.473 e. The van der Waals surface area contributed by atoms with Crippen molar-refractivity contribution in [3.8, 4) is 5.88 Å². The van der Waals surface area contributed by atoms with Gasteiger partial charge < -0.3 is 10.1 Å². The van der Waals surface area contributed by atoms with Gasteiger partial charge in [-0.3, -0.25) is 0 Å². The minimum Gasteiger partial charge on any atom is -0.473 e. The van der Waals surface area contributed by atoms with Crippen LogP contribution < -0.4 is 10.1 Å². The first-order valence-electron chi connectivity index (χ1n) is 5.47. The maximum absolute atomic E-state index is 12.4. The van der Waals surface area contributed by atoms with Crippen LogP contribution in [-0.4, -0.2) is 24.2 Å². The smallest absolute Gasteiger partial charge is 0.433 e. The number of piperidine rings is 1. The number of rotatable bonds is 2. The van der Waals surface area contributed by atoms with Gasteiger partial charge in [-0.1, -0.05) is 6.07 Å². The highest BCUT2D eigenvalue weighted by atomic mass is 19.4. The lowest BCUT2D eigenvalue weighted by Crippen LogP contribution is -2.37. The fraction of sp³-hybridized carbons (Fsp3) is 0.545. The second kappa shape index (κ2) is 4.91. The van der Waals surface area contributed by atoms with Crippen molar-refractivity contribution in [3.63, 3.8) is 0 Å². The molecule has 0 aromatic carbocycles. The summed E-state index contributed by atoms with van der Waals surface area (Å²) in [7, 11) is 0. The highest BCUT2D eigenvalue weighted by Gasteiger charge is 2.32. The molecule has 3 nitrogen and oxygen atoms in total. The molecule has 1 aromatic rings. The van der Waals surface area contributed by atoms with E-state index in [-0.39, 0.29) is 12.0 Å². The van der Waals surface area contributed by atoms with Crippen LogP contribution in [0.1, 0.15) is 18.5 Å². The van der Waals surface area contributed by atoms with Crippen molar-refractivity contribution < 1.29 is 17.9 Å². The molecule has 0 spiro atoms. The second-order valence-corrected chi connectivity index (χ2v) is 3.95. The lowest BCUT2D eigenvalue weighted by molar-refractivity contribution is -0.141. The molecule has 17 heavy (non-hydrogen) atoms. The Bertz CT molecular complexity index is 375. The molecule has 1 aliphatic heterocycles. The highest BCUT2D eigenvalue weighted by Crippen LogP contribution is 2.28. The second-order valence-electron chi connectivity index (χ2n) is 3.95. The summed E-state index contributed by atoms with van der Waals surface area (Å²) in [5.41, 5.74) is -0.918. The molecule has 1 aliphatic rings. The van der Waals surface area contributed by atoms with E-state index in [0.717, 1.165) is 25.5 Å². The van der Waals surface area contributed by atoms with Gasteiger partial charge in [0.05, 0.1) is 0 Å². The summed E-state index contributed by atoms with van der Waals surface area (Å²) < 4.78 is 42.7. The molecule has 1 saturated heterocycles. The summed E-state index contributed by atoms with van der Waals surface area (Å²) in [6.45, 7) is 1.58. The van der Waals surface area contributed by atoms with E-state index in [4.69, 9.17) is 4.74 Å². The van der Waals surface area contributed by atoms with Gasteiger partial charge in [-0.25, -0.2) is 4.98 Å². The molecule has 1 fully saturated rings. The predicted molar refractivity (Wildman–Crippen MR) is 55.8 cm³/mol. The van der Waals surface area contributed by atoms with Crippen LogP contribution in [-0.2, 0) is 6.18 Å². The zero-order valence-electron chi connectivity index (χ0n) is 9.13. The Morgan fingerprint density at radius 1 is 1.35 bits per heavy atom. The minimum absolute atomic E-state index is 0.0357. The zero-order chi connectivity index (χ0) is 12.3. The van der Waals surface area contributed by atoms with Crippen LogP contribution in [0, 0.1) is 0 Å². The molecule has 1 N–H and O–H groups in total.